The molecule has 9 heavy (non-hydrogen) atoms. The summed E-state index contributed by atoms with van der Waals surface area (Å²) in [7, 11) is -1.38. The highest BCUT2D eigenvalue weighted by Crippen LogP contribution is 2.02. The zero-order valence-electron chi connectivity index (χ0n) is 6.64. The first kappa shape index (κ1) is 9.14. The highest BCUT2D eigenvalue weighted by atomic mass is 28.4. The molecule has 0 aromatic heterocycles. The van der Waals surface area contributed by atoms with E-state index in [1.165, 1.54) is 0 Å². The smallest absolute Gasteiger partial charge is 0.183 e. The van der Waals surface area contributed by atoms with E-state index in [-0.39, 0.29) is 6.10 Å². The van der Waals surface area contributed by atoms with Gasteiger partial charge in [0.25, 0.3) is 0 Å². The zero-order valence-corrected chi connectivity index (χ0v) is 7.64. The number of aliphatic hydroxyl groups excluding tert-OH is 1. The van der Waals surface area contributed by atoms with Crippen molar-refractivity contribution in [3.63, 3.8) is 0 Å². The molecule has 3 heteroatoms. The summed E-state index contributed by atoms with van der Waals surface area (Å²) in [5.74, 6) is 0. The zero-order chi connectivity index (χ0) is 7.49. The van der Waals surface area contributed by atoms with E-state index in [4.69, 9.17) is 9.53 Å². The quantitative estimate of drug-likeness (QED) is 0.610. The minimum absolute atomic E-state index is 0.322. The Balaban J connectivity index is 3.28. The summed E-state index contributed by atoms with van der Waals surface area (Å²) in [5, 5.41) is 8.81. The van der Waals surface area contributed by atoms with Crippen molar-refractivity contribution in [1.29, 1.82) is 0 Å². The van der Waals surface area contributed by atoms with E-state index in [1.807, 2.05) is 0 Å². The Bertz CT molecular complexity index is 75.6. The van der Waals surface area contributed by atoms with Crippen molar-refractivity contribution >= 4 is 8.32 Å². The minimum atomic E-state index is -1.38. The van der Waals surface area contributed by atoms with Gasteiger partial charge >= 0.3 is 0 Å². The standard InChI is InChI=1S/C6H16O2Si/c1-6(7)5-8-9(2,3)4/h6-7H,5H2,1-4H3. The van der Waals surface area contributed by atoms with Crippen LogP contribution < -0.4 is 0 Å². The maximum absolute atomic E-state index is 8.81. The summed E-state index contributed by atoms with van der Waals surface area (Å²) in [6, 6.07) is 0. The lowest BCUT2D eigenvalue weighted by molar-refractivity contribution is 0.119. The van der Waals surface area contributed by atoms with Gasteiger partial charge in [0.15, 0.2) is 8.32 Å². The molecule has 0 saturated carbocycles. The predicted molar refractivity (Wildman–Crippen MR) is 41.0 cm³/mol. The van der Waals surface area contributed by atoms with Crippen molar-refractivity contribution in [2.45, 2.75) is 32.7 Å². The van der Waals surface area contributed by atoms with Gasteiger partial charge in [-0.2, -0.15) is 0 Å². The van der Waals surface area contributed by atoms with Gasteiger partial charge in [-0.05, 0) is 26.6 Å². The summed E-state index contributed by atoms with van der Waals surface area (Å²) in [5.41, 5.74) is 0. The number of aliphatic hydroxyl groups is 1. The van der Waals surface area contributed by atoms with E-state index in [2.05, 4.69) is 19.6 Å². The van der Waals surface area contributed by atoms with Crippen LogP contribution in [0.4, 0.5) is 0 Å². The highest BCUT2D eigenvalue weighted by molar-refractivity contribution is 6.69. The van der Waals surface area contributed by atoms with Gasteiger partial charge in [0.05, 0.1) is 12.7 Å². The van der Waals surface area contributed by atoms with Gasteiger partial charge in [0, 0.05) is 0 Å². The van der Waals surface area contributed by atoms with Gasteiger partial charge in [0.2, 0.25) is 0 Å². The molecule has 1 unspecified atom stereocenters. The molecule has 0 aromatic carbocycles. The second kappa shape index (κ2) is 3.34. The summed E-state index contributed by atoms with van der Waals surface area (Å²) in [6.45, 7) is 8.54. The van der Waals surface area contributed by atoms with E-state index >= 15 is 0 Å². The van der Waals surface area contributed by atoms with Crippen molar-refractivity contribution in [3.8, 4) is 0 Å². The van der Waals surface area contributed by atoms with E-state index < -0.39 is 8.32 Å². The fourth-order valence-electron chi connectivity index (χ4n) is 0.371. The highest BCUT2D eigenvalue weighted by Gasteiger charge is 2.14. The second-order valence-electron chi connectivity index (χ2n) is 3.27. The Hall–Kier alpha value is 0.137. The molecule has 0 bridgehead atoms. The van der Waals surface area contributed by atoms with Crippen molar-refractivity contribution in [2.24, 2.45) is 0 Å². The summed E-state index contributed by atoms with van der Waals surface area (Å²) < 4.78 is 5.38. The molecule has 0 aliphatic rings. The Labute approximate surface area is 58.0 Å². The summed E-state index contributed by atoms with van der Waals surface area (Å²) in [4.78, 5) is 0. The van der Waals surface area contributed by atoms with Crippen LogP contribution in [-0.2, 0) is 4.43 Å². The third-order valence-corrected chi connectivity index (χ3v) is 1.79. The fraction of sp³-hybridized carbons (Fsp3) is 1.00. The largest absolute Gasteiger partial charge is 0.415 e. The molecule has 0 aliphatic carbocycles. The molecule has 0 radical (unpaired) electrons. The van der Waals surface area contributed by atoms with Crippen molar-refractivity contribution in [3.05, 3.63) is 0 Å². The van der Waals surface area contributed by atoms with Gasteiger partial charge in [-0.3, -0.25) is 0 Å². The van der Waals surface area contributed by atoms with E-state index in [9.17, 15) is 0 Å². The molecular formula is C6H16O2Si. The monoisotopic (exact) mass is 148 g/mol. The second-order valence-corrected chi connectivity index (χ2v) is 7.79. The lowest BCUT2D eigenvalue weighted by Crippen LogP contribution is -2.29. The van der Waals surface area contributed by atoms with Gasteiger partial charge in [-0.1, -0.05) is 0 Å². The first-order chi connectivity index (χ1) is 3.92. The van der Waals surface area contributed by atoms with Gasteiger partial charge in [0.1, 0.15) is 0 Å². The molecule has 0 spiro atoms. The number of hydrogen-bond donors (Lipinski definition) is 1. The molecule has 0 amide bonds. The number of rotatable bonds is 3. The molecule has 2 nitrogen and oxygen atoms in total. The molecule has 0 heterocycles. The van der Waals surface area contributed by atoms with Crippen LogP contribution in [0.5, 0.6) is 0 Å². The minimum Gasteiger partial charge on any atom is -0.415 e. The van der Waals surface area contributed by atoms with Crippen LogP contribution in [0.25, 0.3) is 0 Å². The van der Waals surface area contributed by atoms with Crippen molar-refractivity contribution < 1.29 is 9.53 Å². The van der Waals surface area contributed by atoms with Crippen LogP contribution >= 0.6 is 0 Å². The maximum atomic E-state index is 8.81. The third kappa shape index (κ3) is 8.14. The topological polar surface area (TPSA) is 29.5 Å². The van der Waals surface area contributed by atoms with Crippen LogP contribution in [0, 0.1) is 0 Å². The van der Waals surface area contributed by atoms with Crippen LogP contribution in [0.3, 0.4) is 0 Å². The molecular weight excluding hydrogens is 132 g/mol. The average Bonchev–Trinajstić information content (AvgIpc) is 1.59. The van der Waals surface area contributed by atoms with Crippen molar-refractivity contribution in [2.75, 3.05) is 6.61 Å². The lowest BCUT2D eigenvalue weighted by Gasteiger charge is -2.17. The van der Waals surface area contributed by atoms with E-state index in [0.717, 1.165) is 0 Å². The summed E-state index contributed by atoms with van der Waals surface area (Å²) >= 11 is 0. The number of hydrogen-bond acceptors (Lipinski definition) is 2. The Morgan fingerprint density at radius 1 is 1.44 bits per heavy atom. The molecule has 0 aromatic rings. The van der Waals surface area contributed by atoms with Gasteiger partial charge < -0.3 is 9.53 Å². The first-order valence-electron chi connectivity index (χ1n) is 3.24. The van der Waals surface area contributed by atoms with Crippen molar-refractivity contribution in [1.82, 2.24) is 0 Å². The fourth-order valence-corrected chi connectivity index (χ4v) is 1.11. The normalized spacial score (nSPS) is 15.7. The maximum Gasteiger partial charge on any atom is 0.183 e. The van der Waals surface area contributed by atoms with Gasteiger partial charge in [-0.25, -0.2) is 0 Å². The molecule has 1 N–H and O–H groups in total. The lowest BCUT2D eigenvalue weighted by atomic mass is 10.5. The van der Waals surface area contributed by atoms with E-state index in [1.54, 1.807) is 6.92 Å². The molecule has 0 rings (SSSR count). The third-order valence-electron chi connectivity index (χ3n) is 0.758. The SMILES string of the molecule is CC(O)CO[Si](C)(C)C. The average molecular weight is 148 g/mol. The Morgan fingerprint density at radius 2 is 1.89 bits per heavy atom. The van der Waals surface area contributed by atoms with E-state index in [0.29, 0.717) is 6.61 Å². The Morgan fingerprint density at radius 3 is 2.00 bits per heavy atom. The van der Waals surface area contributed by atoms with Crippen LogP contribution in [0.1, 0.15) is 6.92 Å². The summed E-state index contributed by atoms with van der Waals surface area (Å²) in [6.07, 6.45) is -0.322. The molecule has 0 saturated heterocycles. The molecule has 1 atom stereocenters. The molecule has 0 fully saturated rings. The van der Waals surface area contributed by atoms with Crippen LogP contribution in [0.15, 0.2) is 0 Å². The van der Waals surface area contributed by atoms with Crippen LogP contribution in [0.2, 0.25) is 19.6 Å². The first-order valence-corrected chi connectivity index (χ1v) is 6.64. The van der Waals surface area contributed by atoms with Crippen LogP contribution in [-0.4, -0.2) is 26.1 Å². The van der Waals surface area contributed by atoms with Gasteiger partial charge in [-0.15, -0.1) is 0 Å². The Kier molecular flexibility index (Phi) is 3.39. The molecule has 56 valence electrons. The predicted octanol–water partition coefficient (Wildman–Crippen LogP) is 1.22. The molecule has 0 aliphatic heterocycles.